The second kappa shape index (κ2) is 5.66. The van der Waals surface area contributed by atoms with Gasteiger partial charge in [-0.15, -0.1) is 0 Å². The van der Waals surface area contributed by atoms with Crippen LogP contribution in [0.2, 0.25) is 0 Å². The fourth-order valence-corrected chi connectivity index (χ4v) is 2.67. The molecule has 104 valence electrons. The molecule has 0 bridgehead atoms. The highest BCUT2D eigenvalue weighted by Gasteiger charge is 2.09. The maximum Gasteiger partial charge on any atom is 0.255 e. The molecule has 0 atom stereocenters. The molecular formula is C17H11BrFNO. The minimum absolute atomic E-state index is 0.262. The standard InChI is InChI=1S/C17H11BrFNO/c18-15-5-1-4-14-13(15)3-2-6-16(14)20-17(21)11-7-9-12(19)10-8-11/h1-10H,(H,20,21). The number of carbonyl (C=O) groups is 1. The summed E-state index contributed by atoms with van der Waals surface area (Å²) < 4.78 is 13.9. The molecule has 0 unspecified atom stereocenters. The van der Waals surface area contributed by atoms with Crippen LogP contribution in [0.3, 0.4) is 0 Å². The number of halogens is 2. The lowest BCUT2D eigenvalue weighted by Crippen LogP contribution is -2.12. The monoisotopic (exact) mass is 343 g/mol. The van der Waals surface area contributed by atoms with Crippen LogP contribution in [-0.2, 0) is 0 Å². The normalized spacial score (nSPS) is 10.6. The van der Waals surface area contributed by atoms with Gasteiger partial charge < -0.3 is 5.32 Å². The molecule has 21 heavy (non-hydrogen) atoms. The highest BCUT2D eigenvalue weighted by Crippen LogP contribution is 2.29. The average molecular weight is 344 g/mol. The second-order valence-electron chi connectivity index (χ2n) is 4.60. The number of benzene rings is 3. The Morgan fingerprint density at radius 3 is 2.33 bits per heavy atom. The van der Waals surface area contributed by atoms with Crippen LogP contribution in [-0.4, -0.2) is 5.91 Å². The first-order valence-electron chi connectivity index (χ1n) is 6.39. The summed E-state index contributed by atoms with van der Waals surface area (Å²) in [6, 6.07) is 17.0. The summed E-state index contributed by atoms with van der Waals surface area (Å²) in [7, 11) is 0. The molecule has 0 aliphatic heterocycles. The molecule has 0 saturated heterocycles. The van der Waals surface area contributed by atoms with E-state index in [4.69, 9.17) is 0 Å². The van der Waals surface area contributed by atoms with Gasteiger partial charge in [0, 0.05) is 21.1 Å². The van der Waals surface area contributed by atoms with Gasteiger partial charge in [0.15, 0.2) is 0 Å². The van der Waals surface area contributed by atoms with Crippen molar-refractivity contribution in [2.45, 2.75) is 0 Å². The molecule has 3 aromatic carbocycles. The van der Waals surface area contributed by atoms with E-state index in [2.05, 4.69) is 21.2 Å². The third-order valence-corrected chi connectivity index (χ3v) is 3.91. The summed E-state index contributed by atoms with van der Waals surface area (Å²) in [6.45, 7) is 0. The van der Waals surface area contributed by atoms with Crippen molar-refractivity contribution in [1.82, 2.24) is 0 Å². The molecule has 2 nitrogen and oxygen atoms in total. The number of rotatable bonds is 2. The SMILES string of the molecule is O=C(Nc1cccc2c(Br)cccc12)c1ccc(F)cc1. The fraction of sp³-hybridized carbons (Fsp3) is 0. The molecule has 3 aromatic rings. The van der Waals surface area contributed by atoms with E-state index in [0.717, 1.165) is 20.9 Å². The molecule has 0 fully saturated rings. The first-order chi connectivity index (χ1) is 10.1. The third-order valence-electron chi connectivity index (χ3n) is 3.22. The van der Waals surface area contributed by atoms with Gasteiger partial charge in [-0.05, 0) is 41.8 Å². The molecule has 0 aliphatic carbocycles. The Morgan fingerprint density at radius 2 is 1.57 bits per heavy atom. The maximum atomic E-state index is 12.9. The second-order valence-corrected chi connectivity index (χ2v) is 5.46. The minimum atomic E-state index is -0.361. The van der Waals surface area contributed by atoms with E-state index >= 15 is 0 Å². The largest absolute Gasteiger partial charge is 0.321 e. The molecule has 0 aromatic heterocycles. The van der Waals surface area contributed by atoms with Gasteiger partial charge in [0.1, 0.15) is 5.82 Å². The maximum absolute atomic E-state index is 12.9. The number of hydrogen-bond donors (Lipinski definition) is 1. The van der Waals surface area contributed by atoms with Crippen molar-refractivity contribution in [3.05, 3.63) is 76.5 Å². The van der Waals surface area contributed by atoms with Crippen molar-refractivity contribution in [1.29, 1.82) is 0 Å². The number of fused-ring (bicyclic) bond motifs is 1. The molecular weight excluding hydrogens is 333 g/mol. The Kier molecular flexibility index (Phi) is 3.71. The zero-order valence-corrected chi connectivity index (χ0v) is 12.5. The van der Waals surface area contributed by atoms with Gasteiger partial charge in [-0.3, -0.25) is 4.79 Å². The Labute approximate surface area is 129 Å². The van der Waals surface area contributed by atoms with Crippen molar-refractivity contribution in [2.24, 2.45) is 0 Å². The van der Waals surface area contributed by atoms with Crippen LogP contribution in [0.1, 0.15) is 10.4 Å². The number of nitrogens with one attached hydrogen (secondary N) is 1. The van der Waals surface area contributed by atoms with Gasteiger partial charge in [0.25, 0.3) is 5.91 Å². The van der Waals surface area contributed by atoms with E-state index in [-0.39, 0.29) is 11.7 Å². The molecule has 4 heteroatoms. The lowest BCUT2D eigenvalue weighted by molar-refractivity contribution is 0.102. The number of carbonyl (C=O) groups excluding carboxylic acids is 1. The summed E-state index contributed by atoms with van der Waals surface area (Å²) in [5.41, 5.74) is 1.14. The quantitative estimate of drug-likeness (QED) is 0.697. The number of amides is 1. The van der Waals surface area contributed by atoms with Gasteiger partial charge in [0.2, 0.25) is 0 Å². The molecule has 1 amide bonds. The predicted octanol–water partition coefficient (Wildman–Crippen LogP) is 4.99. The van der Waals surface area contributed by atoms with E-state index in [1.807, 2.05) is 36.4 Å². The van der Waals surface area contributed by atoms with Crippen LogP contribution in [0.4, 0.5) is 10.1 Å². The summed E-state index contributed by atoms with van der Waals surface area (Å²) in [5, 5.41) is 4.83. The molecule has 0 spiro atoms. The van der Waals surface area contributed by atoms with Crippen molar-refractivity contribution < 1.29 is 9.18 Å². The van der Waals surface area contributed by atoms with E-state index in [1.165, 1.54) is 24.3 Å². The number of hydrogen-bond acceptors (Lipinski definition) is 1. The van der Waals surface area contributed by atoms with E-state index < -0.39 is 0 Å². The van der Waals surface area contributed by atoms with Crippen molar-refractivity contribution in [3.63, 3.8) is 0 Å². The Balaban J connectivity index is 1.96. The van der Waals surface area contributed by atoms with Gasteiger partial charge in [0.05, 0.1) is 0 Å². The first kappa shape index (κ1) is 13.8. The fourth-order valence-electron chi connectivity index (χ4n) is 2.18. The van der Waals surface area contributed by atoms with Gasteiger partial charge in [-0.2, -0.15) is 0 Å². The van der Waals surface area contributed by atoms with Gasteiger partial charge in [-0.1, -0.05) is 40.2 Å². The summed E-state index contributed by atoms with van der Waals surface area (Å²) >= 11 is 3.50. The smallest absolute Gasteiger partial charge is 0.255 e. The minimum Gasteiger partial charge on any atom is -0.321 e. The van der Waals surface area contributed by atoms with E-state index in [1.54, 1.807) is 0 Å². The van der Waals surface area contributed by atoms with Gasteiger partial charge >= 0.3 is 0 Å². The molecule has 0 radical (unpaired) electrons. The molecule has 3 rings (SSSR count). The van der Waals surface area contributed by atoms with Crippen molar-refractivity contribution >= 4 is 38.3 Å². The van der Waals surface area contributed by atoms with Gasteiger partial charge in [-0.25, -0.2) is 4.39 Å². The summed E-state index contributed by atoms with van der Waals surface area (Å²) in [4.78, 5) is 12.2. The van der Waals surface area contributed by atoms with Crippen LogP contribution < -0.4 is 5.32 Å². The topological polar surface area (TPSA) is 29.1 Å². The third kappa shape index (κ3) is 2.81. The lowest BCUT2D eigenvalue weighted by Gasteiger charge is -2.09. The zero-order chi connectivity index (χ0) is 14.8. The molecule has 0 saturated carbocycles. The molecule has 1 N–H and O–H groups in total. The molecule has 0 heterocycles. The first-order valence-corrected chi connectivity index (χ1v) is 7.18. The predicted molar refractivity (Wildman–Crippen MR) is 86.0 cm³/mol. The van der Waals surface area contributed by atoms with E-state index in [9.17, 15) is 9.18 Å². The Morgan fingerprint density at radius 1 is 0.905 bits per heavy atom. The van der Waals surface area contributed by atoms with Crippen LogP contribution >= 0.6 is 15.9 Å². The highest BCUT2D eigenvalue weighted by atomic mass is 79.9. The Bertz CT molecular complexity index is 815. The lowest BCUT2D eigenvalue weighted by atomic mass is 10.1. The Hall–Kier alpha value is -2.20. The van der Waals surface area contributed by atoms with Crippen LogP contribution in [0.5, 0.6) is 0 Å². The van der Waals surface area contributed by atoms with Crippen LogP contribution in [0, 0.1) is 5.82 Å². The number of anilines is 1. The van der Waals surface area contributed by atoms with E-state index in [0.29, 0.717) is 5.56 Å². The van der Waals surface area contributed by atoms with Crippen molar-refractivity contribution in [3.8, 4) is 0 Å². The summed E-state index contributed by atoms with van der Waals surface area (Å²) in [5.74, 6) is -0.622. The average Bonchev–Trinajstić information content (AvgIpc) is 2.49. The van der Waals surface area contributed by atoms with Crippen LogP contribution in [0.15, 0.2) is 65.1 Å². The molecule has 0 aliphatic rings. The summed E-state index contributed by atoms with van der Waals surface area (Å²) in [6.07, 6.45) is 0. The van der Waals surface area contributed by atoms with Crippen LogP contribution in [0.25, 0.3) is 10.8 Å². The highest BCUT2D eigenvalue weighted by molar-refractivity contribution is 9.10. The zero-order valence-electron chi connectivity index (χ0n) is 10.9. The van der Waals surface area contributed by atoms with Crippen molar-refractivity contribution in [2.75, 3.05) is 5.32 Å².